The molecule has 0 aliphatic rings. The van der Waals surface area contributed by atoms with Crippen molar-refractivity contribution < 1.29 is 23.9 Å². The first-order valence-corrected chi connectivity index (χ1v) is 8.30. The molecule has 0 saturated heterocycles. The van der Waals surface area contributed by atoms with Gasteiger partial charge in [0, 0.05) is 11.4 Å². The van der Waals surface area contributed by atoms with Gasteiger partial charge in [-0.3, -0.25) is 4.79 Å². The lowest BCUT2D eigenvalue weighted by Gasteiger charge is -2.14. The molecule has 8 heteroatoms. The Bertz CT molecular complexity index is 820. The predicted octanol–water partition coefficient (Wildman–Crippen LogP) is 2.76. The number of nitrogens with one attached hydrogen (secondary N) is 2. The van der Waals surface area contributed by atoms with E-state index < -0.39 is 24.0 Å². The van der Waals surface area contributed by atoms with E-state index in [0.29, 0.717) is 23.7 Å². The average Bonchev–Trinajstić information content (AvgIpc) is 2.63. The van der Waals surface area contributed by atoms with E-state index in [2.05, 4.69) is 10.6 Å². The van der Waals surface area contributed by atoms with Crippen LogP contribution in [0.1, 0.15) is 24.2 Å². The van der Waals surface area contributed by atoms with Gasteiger partial charge >= 0.3 is 12.0 Å². The molecule has 0 fully saturated rings. The van der Waals surface area contributed by atoms with Crippen LogP contribution < -0.4 is 21.1 Å². The van der Waals surface area contributed by atoms with Crippen molar-refractivity contribution in [2.75, 3.05) is 17.2 Å². The summed E-state index contributed by atoms with van der Waals surface area (Å²) >= 11 is 0. The van der Waals surface area contributed by atoms with Crippen LogP contribution >= 0.6 is 0 Å². The van der Waals surface area contributed by atoms with Crippen LogP contribution in [0.5, 0.6) is 5.75 Å². The van der Waals surface area contributed by atoms with Crippen LogP contribution in [-0.4, -0.2) is 30.6 Å². The molecule has 0 spiro atoms. The summed E-state index contributed by atoms with van der Waals surface area (Å²) < 4.78 is 10.5. The molecule has 3 amide bonds. The standard InChI is InChI=1S/C19H21N3O5/c1-3-26-16-9-7-14(8-10-16)21-17(23)12(2)27-18(24)13-5-4-6-15(11-13)22-19(20)25/h4-12H,3H2,1-2H3,(H,21,23)(H3,20,22,25)/t12-/m1/s1. The second-order valence-corrected chi connectivity index (χ2v) is 5.56. The van der Waals surface area contributed by atoms with Gasteiger partial charge in [0.25, 0.3) is 5.91 Å². The van der Waals surface area contributed by atoms with Gasteiger partial charge in [-0.05, 0) is 56.3 Å². The maximum Gasteiger partial charge on any atom is 0.338 e. The first-order valence-electron chi connectivity index (χ1n) is 8.30. The molecule has 2 rings (SSSR count). The van der Waals surface area contributed by atoms with Crippen LogP contribution in [0.25, 0.3) is 0 Å². The summed E-state index contributed by atoms with van der Waals surface area (Å²) in [5, 5.41) is 5.02. The van der Waals surface area contributed by atoms with Crippen molar-refractivity contribution >= 4 is 29.3 Å². The van der Waals surface area contributed by atoms with E-state index in [4.69, 9.17) is 15.2 Å². The SMILES string of the molecule is CCOc1ccc(NC(=O)[C@@H](C)OC(=O)c2cccc(NC(N)=O)c2)cc1. The fraction of sp³-hybridized carbons (Fsp3) is 0.211. The Labute approximate surface area is 156 Å². The van der Waals surface area contributed by atoms with Crippen LogP contribution in [0.2, 0.25) is 0 Å². The van der Waals surface area contributed by atoms with E-state index in [1.165, 1.54) is 19.1 Å². The molecular weight excluding hydrogens is 350 g/mol. The molecule has 0 heterocycles. The summed E-state index contributed by atoms with van der Waals surface area (Å²) in [5.74, 6) is -0.476. The van der Waals surface area contributed by atoms with E-state index in [1.54, 1.807) is 36.4 Å². The topological polar surface area (TPSA) is 120 Å². The lowest BCUT2D eigenvalue weighted by atomic mass is 10.2. The van der Waals surface area contributed by atoms with Crippen LogP contribution in [0, 0.1) is 0 Å². The monoisotopic (exact) mass is 371 g/mol. The van der Waals surface area contributed by atoms with Crippen molar-refractivity contribution in [2.45, 2.75) is 20.0 Å². The van der Waals surface area contributed by atoms with Gasteiger partial charge in [-0.1, -0.05) is 6.07 Å². The van der Waals surface area contributed by atoms with Gasteiger partial charge in [-0.2, -0.15) is 0 Å². The lowest BCUT2D eigenvalue weighted by molar-refractivity contribution is -0.123. The first kappa shape index (κ1) is 19.8. The van der Waals surface area contributed by atoms with Crippen molar-refractivity contribution in [2.24, 2.45) is 5.73 Å². The van der Waals surface area contributed by atoms with Gasteiger partial charge < -0.3 is 25.8 Å². The van der Waals surface area contributed by atoms with Crippen LogP contribution in [0.15, 0.2) is 48.5 Å². The Morgan fingerprint density at radius 2 is 1.74 bits per heavy atom. The molecule has 142 valence electrons. The average molecular weight is 371 g/mol. The van der Waals surface area contributed by atoms with Gasteiger partial charge in [-0.25, -0.2) is 9.59 Å². The molecule has 0 radical (unpaired) electrons. The molecule has 27 heavy (non-hydrogen) atoms. The number of carbonyl (C=O) groups excluding carboxylic acids is 3. The van der Waals surface area contributed by atoms with Gasteiger partial charge in [0.1, 0.15) is 5.75 Å². The number of hydrogen-bond acceptors (Lipinski definition) is 5. The number of primary amides is 1. The number of esters is 1. The Morgan fingerprint density at radius 1 is 1.04 bits per heavy atom. The second-order valence-electron chi connectivity index (χ2n) is 5.56. The molecular formula is C19H21N3O5. The summed E-state index contributed by atoms with van der Waals surface area (Å²) in [6.07, 6.45) is -1.02. The summed E-state index contributed by atoms with van der Waals surface area (Å²) in [7, 11) is 0. The highest BCUT2D eigenvalue weighted by Crippen LogP contribution is 2.17. The zero-order chi connectivity index (χ0) is 19.8. The van der Waals surface area contributed by atoms with Crippen molar-refractivity contribution in [3.63, 3.8) is 0 Å². The summed E-state index contributed by atoms with van der Waals surface area (Å²) in [6.45, 7) is 3.90. The minimum absolute atomic E-state index is 0.182. The molecule has 4 N–H and O–H groups in total. The zero-order valence-electron chi connectivity index (χ0n) is 15.0. The molecule has 0 bridgehead atoms. The minimum Gasteiger partial charge on any atom is -0.494 e. The molecule has 0 aromatic heterocycles. The summed E-state index contributed by atoms with van der Waals surface area (Å²) in [5.41, 5.74) is 6.13. The molecule has 0 saturated carbocycles. The normalized spacial score (nSPS) is 11.2. The largest absolute Gasteiger partial charge is 0.494 e. The third-order valence-electron chi connectivity index (χ3n) is 3.45. The van der Waals surface area contributed by atoms with E-state index in [-0.39, 0.29) is 5.56 Å². The Kier molecular flexibility index (Phi) is 6.76. The third-order valence-corrected chi connectivity index (χ3v) is 3.45. The molecule has 2 aromatic carbocycles. The molecule has 8 nitrogen and oxygen atoms in total. The lowest BCUT2D eigenvalue weighted by Crippen LogP contribution is -2.30. The van der Waals surface area contributed by atoms with Crippen molar-refractivity contribution in [1.29, 1.82) is 0 Å². The van der Waals surface area contributed by atoms with Crippen molar-refractivity contribution in [3.8, 4) is 5.75 Å². The van der Waals surface area contributed by atoms with E-state index in [0.717, 1.165) is 0 Å². The van der Waals surface area contributed by atoms with Crippen molar-refractivity contribution in [1.82, 2.24) is 0 Å². The van der Waals surface area contributed by atoms with Crippen LogP contribution in [-0.2, 0) is 9.53 Å². The highest BCUT2D eigenvalue weighted by atomic mass is 16.5. The number of nitrogens with two attached hydrogens (primary N) is 1. The molecule has 0 aliphatic heterocycles. The third kappa shape index (κ3) is 6.03. The predicted molar refractivity (Wildman–Crippen MR) is 101 cm³/mol. The van der Waals surface area contributed by atoms with Crippen molar-refractivity contribution in [3.05, 3.63) is 54.1 Å². The number of ether oxygens (including phenoxy) is 2. The fourth-order valence-electron chi connectivity index (χ4n) is 2.19. The van der Waals surface area contributed by atoms with Crippen LogP contribution in [0.4, 0.5) is 16.2 Å². The molecule has 0 aliphatic carbocycles. The Hall–Kier alpha value is -3.55. The molecule has 2 aromatic rings. The van der Waals surface area contributed by atoms with Gasteiger partial charge in [-0.15, -0.1) is 0 Å². The Morgan fingerprint density at radius 3 is 2.37 bits per heavy atom. The fourth-order valence-corrected chi connectivity index (χ4v) is 2.19. The van der Waals surface area contributed by atoms with E-state index >= 15 is 0 Å². The number of benzene rings is 2. The minimum atomic E-state index is -1.02. The smallest absolute Gasteiger partial charge is 0.338 e. The maximum atomic E-state index is 12.2. The molecule has 1 atom stereocenters. The van der Waals surface area contributed by atoms with E-state index in [1.807, 2.05) is 6.92 Å². The van der Waals surface area contributed by atoms with Gasteiger partial charge in [0.05, 0.1) is 12.2 Å². The van der Waals surface area contributed by atoms with Crippen LogP contribution in [0.3, 0.4) is 0 Å². The quantitative estimate of drug-likeness (QED) is 0.647. The zero-order valence-corrected chi connectivity index (χ0v) is 15.0. The Balaban J connectivity index is 1.95. The van der Waals surface area contributed by atoms with Gasteiger partial charge in [0.2, 0.25) is 0 Å². The molecule has 0 unspecified atom stereocenters. The summed E-state index contributed by atoms with van der Waals surface area (Å²) in [4.78, 5) is 35.3. The highest BCUT2D eigenvalue weighted by Gasteiger charge is 2.19. The number of anilines is 2. The number of rotatable bonds is 7. The number of amides is 3. The van der Waals surface area contributed by atoms with Gasteiger partial charge in [0.15, 0.2) is 6.10 Å². The second kappa shape index (κ2) is 9.23. The number of carbonyl (C=O) groups is 3. The highest BCUT2D eigenvalue weighted by molar-refractivity contribution is 5.98. The first-order chi connectivity index (χ1) is 12.9. The number of urea groups is 1. The summed E-state index contributed by atoms with van der Waals surface area (Å²) in [6, 6.07) is 12.1. The maximum absolute atomic E-state index is 12.2. The van der Waals surface area contributed by atoms with E-state index in [9.17, 15) is 14.4 Å². The number of hydrogen-bond donors (Lipinski definition) is 3.